The predicted molar refractivity (Wildman–Crippen MR) is 136 cm³/mol. The maximum Gasteiger partial charge on any atom is 0.147 e. The standard InChI is InChI=1S/C28H31ClN2O2/c1-20-18-23(14-15-24(20)29)32-17-7-16-31-26-9-6-5-8-25(26)30-27(31)19-33-22-12-10-21(11-13-22)28(2,3)4/h5-6,8-15,18H,7,16-17,19H2,1-4H3. The Balaban J connectivity index is 1.42. The number of ether oxygens (including phenoxy) is 2. The highest BCUT2D eigenvalue weighted by Crippen LogP contribution is 2.25. The van der Waals surface area contributed by atoms with Gasteiger partial charge in [-0.3, -0.25) is 0 Å². The molecule has 0 spiro atoms. The molecule has 0 bridgehead atoms. The van der Waals surface area contributed by atoms with Gasteiger partial charge in [0.05, 0.1) is 17.6 Å². The lowest BCUT2D eigenvalue weighted by Gasteiger charge is -2.19. The summed E-state index contributed by atoms with van der Waals surface area (Å²) in [5, 5.41) is 0.755. The van der Waals surface area contributed by atoms with Crippen LogP contribution in [0.4, 0.5) is 0 Å². The lowest BCUT2D eigenvalue weighted by Crippen LogP contribution is -2.11. The molecule has 5 heteroatoms. The van der Waals surface area contributed by atoms with Crippen molar-refractivity contribution < 1.29 is 9.47 Å². The van der Waals surface area contributed by atoms with E-state index >= 15 is 0 Å². The summed E-state index contributed by atoms with van der Waals surface area (Å²) in [6, 6.07) is 22.3. The zero-order valence-electron chi connectivity index (χ0n) is 19.8. The molecule has 0 N–H and O–H groups in total. The molecule has 0 aliphatic carbocycles. The van der Waals surface area contributed by atoms with E-state index in [4.69, 9.17) is 26.1 Å². The number of fused-ring (bicyclic) bond motifs is 1. The Kier molecular flexibility index (Phi) is 6.94. The summed E-state index contributed by atoms with van der Waals surface area (Å²) in [5.41, 5.74) is 4.52. The molecule has 4 rings (SSSR count). The van der Waals surface area contributed by atoms with Gasteiger partial charge in [0.2, 0.25) is 0 Å². The summed E-state index contributed by atoms with van der Waals surface area (Å²) in [5.74, 6) is 2.61. The van der Waals surface area contributed by atoms with Crippen LogP contribution in [-0.4, -0.2) is 16.2 Å². The van der Waals surface area contributed by atoms with E-state index in [2.05, 4.69) is 43.5 Å². The second kappa shape index (κ2) is 9.88. The van der Waals surface area contributed by atoms with Crippen LogP contribution in [-0.2, 0) is 18.6 Å². The molecule has 0 atom stereocenters. The first-order chi connectivity index (χ1) is 15.8. The first-order valence-corrected chi connectivity index (χ1v) is 11.8. The first-order valence-electron chi connectivity index (χ1n) is 11.4. The number of imidazole rings is 1. The summed E-state index contributed by atoms with van der Waals surface area (Å²) >= 11 is 6.11. The summed E-state index contributed by atoms with van der Waals surface area (Å²) in [4.78, 5) is 4.83. The van der Waals surface area contributed by atoms with Crippen LogP contribution in [0, 0.1) is 6.92 Å². The van der Waals surface area contributed by atoms with Gasteiger partial charge < -0.3 is 14.0 Å². The van der Waals surface area contributed by atoms with Crippen molar-refractivity contribution >= 4 is 22.6 Å². The third-order valence-corrected chi connectivity index (χ3v) is 6.17. The van der Waals surface area contributed by atoms with Gasteiger partial charge in [0.1, 0.15) is 23.9 Å². The van der Waals surface area contributed by atoms with E-state index in [1.807, 2.05) is 55.5 Å². The highest BCUT2D eigenvalue weighted by Gasteiger charge is 2.14. The number of benzene rings is 3. The third-order valence-electron chi connectivity index (χ3n) is 5.75. The van der Waals surface area contributed by atoms with E-state index < -0.39 is 0 Å². The number of nitrogens with zero attached hydrogens (tertiary/aromatic N) is 2. The van der Waals surface area contributed by atoms with Gasteiger partial charge in [-0.1, -0.05) is 56.6 Å². The predicted octanol–water partition coefficient (Wildman–Crippen LogP) is 7.34. The van der Waals surface area contributed by atoms with Crippen LogP contribution in [0.2, 0.25) is 5.02 Å². The molecule has 1 aromatic heterocycles. The molecule has 172 valence electrons. The van der Waals surface area contributed by atoms with Gasteiger partial charge >= 0.3 is 0 Å². The zero-order chi connectivity index (χ0) is 23.4. The van der Waals surface area contributed by atoms with Gasteiger partial charge in [-0.05, 0) is 72.4 Å². The van der Waals surface area contributed by atoms with E-state index in [1.54, 1.807) is 0 Å². The van der Waals surface area contributed by atoms with Crippen molar-refractivity contribution in [3.05, 3.63) is 88.7 Å². The minimum absolute atomic E-state index is 0.124. The van der Waals surface area contributed by atoms with Crippen LogP contribution < -0.4 is 9.47 Å². The molecule has 0 amide bonds. The molecule has 4 aromatic rings. The topological polar surface area (TPSA) is 36.3 Å². The summed E-state index contributed by atoms with van der Waals surface area (Å²) in [6.45, 7) is 10.4. The molecule has 0 unspecified atom stereocenters. The Morgan fingerprint density at radius 2 is 1.64 bits per heavy atom. The molecule has 0 saturated carbocycles. The van der Waals surface area contributed by atoms with Gasteiger partial charge in [-0.15, -0.1) is 0 Å². The molecular formula is C28H31ClN2O2. The largest absolute Gasteiger partial charge is 0.494 e. The minimum Gasteiger partial charge on any atom is -0.494 e. The number of aryl methyl sites for hydroxylation is 2. The fraction of sp³-hybridized carbons (Fsp3) is 0.321. The van der Waals surface area contributed by atoms with E-state index in [0.29, 0.717) is 13.2 Å². The normalized spacial score (nSPS) is 11.7. The number of hydrogen-bond donors (Lipinski definition) is 0. The smallest absolute Gasteiger partial charge is 0.147 e. The Bertz CT molecular complexity index is 1220. The summed E-state index contributed by atoms with van der Waals surface area (Å²) in [6.07, 6.45) is 0.856. The fourth-order valence-corrected chi connectivity index (χ4v) is 3.92. The summed E-state index contributed by atoms with van der Waals surface area (Å²) < 4.78 is 14.3. The quantitative estimate of drug-likeness (QED) is 0.257. The highest BCUT2D eigenvalue weighted by molar-refractivity contribution is 6.31. The van der Waals surface area contributed by atoms with Crippen LogP contribution in [0.5, 0.6) is 11.5 Å². The molecule has 0 aliphatic heterocycles. The molecule has 0 fully saturated rings. The monoisotopic (exact) mass is 462 g/mol. The molecule has 1 heterocycles. The zero-order valence-corrected chi connectivity index (χ0v) is 20.5. The van der Waals surface area contributed by atoms with Crippen LogP contribution >= 0.6 is 11.6 Å². The van der Waals surface area contributed by atoms with Gasteiger partial charge in [-0.2, -0.15) is 0 Å². The molecular weight excluding hydrogens is 432 g/mol. The van der Waals surface area contributed by atoms with Crippen molar-refractivity contribution in [3.63, 3.8) is 0 Å². The van der Waals surface area contributed by atoms with Gasteiger partial charge in [0, 0.05) is 11.6 Å². The van der Waals surface area contributed by atoms with Crippen molar-refractivity contribution in [2.75, 3.05) is 6.61 Å². The maximum atomic E-state index is 6.11. The Hall–Kier alpha value is -2.98. The first kappa shape index (κ1) is 23.2. The second-order valence-electron chi connectivity index (χ2n) is 9.34. The van der Waals surface area contributed by atoms with Crippen molar-refractivity contribution in [2.24, 2.45) is 0 Å². The molecule has 3 aromatic carbocycles. The van der Waals surface area contributed by atoms with E-state index in [1.165, 1.54) is 5.56 Å². The Morgan fingerprint density at radius 3 is 2.36 bits per heavy atom. The van der Waals surface area contributed by atoms with E-state index in [-0.39, 0.29) is 5.41 Å². The average molecular weight is 463 g/mol. The third kappa shape index (κ3) is 5.69. The SMILES string of the molecule is Cc1cc(OCCCn2c(COc3ccc(C(C)(C)C)cc3)nc3ccccc32)ccc1Cl. The van der Waals surface area contributed by atoms with Crippen LogP contribution in [0.1, 0.15) is 44.1 Å². The summed E-state index contributed by atoms with van der Waals surface area (Å²) in [7, 11) is 0. The van der Waals surface area contributed by atoms with Gasteiger partial charge in [0.15, 0.2) is 0 Å². The number of halogens is 1. The number of para-hydroxylation sites is 2. The van der Waals surface area contributed by atoms with E-state index in [0.717, 1.165) is 51.9 Å². The number of aromatic nitrogens is 2. The fourth-order valence-electron chi connectivity index (χ4n) is 3.80. The molecule has 0 radical (unpaired) electrons. The second-order valence-corrected chi connectivity index (χ2v) is 9.75. The van der Waals surface area contributed by atoms with Crippen LogP contribution in [0.3, 0.4) is 0 Å². The Morgan fingerprint density at radius 1 is 0.909 bits per heavy atom. The average Bonchev–Trinajstić information content (AvgIpc) is 3.15. The lowest BCUT2D eigenvalue weighted by atomic mass is 9.87. The number of rotatable bonds is 8. The molecule has 0 aliphatic rings. The van der Waals surface area contributed by atoms with Crippen LogP contribution in [0.25, 0.3) is 11.0 Å². The number of hydrogen-bond acceptors (Lipinski definition) is 3. The van der Waals surface area contributed by atoms with Gasteiger partial charge in [0.25, 0.3) is 0 Å². The van der Waals surface area contributed by atoms with Crippen molar-refractivity contribution in [1.82, 2.24) is 9.55 Å². The van der Waals surface area contributed by atoms with Crippen molar-refractivity contribution in [2.45, 2.75) is 52.7 Å². The van der Waals surface area contributed by atoms with E-state index in [9.17, 15) is 0 Å². The van der Waals surface area contributed by atoms with Gasteiger partial charge in [-0.25, -0.2) is 4.98 Å². The molecule has 4 nitrogen and oxygen atoms in total. The highest BCUT2D eigenvalue weighted by atomic mass is 35.5. The van der Waals surface area contributed by atoms with Crippen LogP contribution in [0.15, 0.2) is 66.7 Å². The molecule has 0 saturated heterocycles. The minimum atomic E-state index is 0.124. The Labute approximate surface area is 201 Å². The van der Waals surface area contributed by atoms with Crippen molar-refractivity contribution in [1.29, 1.82) is 0 Å². The lowest BCUT2D eigenvalue weighted by molar-refractivity contribution is 0.280. The maximum absolute atomic E-state index is 6.11. The molecule has 33 heavy (non-hydrogen) atoms. The van der Waals surface area contributed by atoms with Crippen molar-refractivity contribution in [3.8, 4) is 11.5 Å².